The first kappa shape index (κ1) is 40.8. The fourth-order valence-electron chi connectivity index (χ4n) is 9.89. The quantitative estimate of drug-likeness (QED) is 0.201. The summed E-state index contributed by atoms with van der Waals surface area (Å²) in [4.78, 5) is 4.83. The monoisotopic (exact) mass is 811 g/mol. The van der Waals surface area contributed by atoms with E-state index >= 15 is 0 Å². The van der Waals surface area contributed by atoms with Gasteiger partial charge in [-0.3, -0.25) is 0 Å². The fourth-order valence-corrected chi connectivity index (χ4v) is 9.89. The van der Waals surface area contributed by atoms with Crippen molar-refractivity contribution >= 4 is 28.3 Å². The van der Waals surface area contributed by atoms with Crippen LogP contribution < -0.4 is 19.9 Å². The van der Waals surface area contributed by atoms with Gasteiger partial charge in [-0.15, -0.1) is 0 Å². The molecule has 3 unspecified atom stereocenters. The molecule has 0 saturated carbocycles. The second-order valence-electron chi connectivity index (χ2n) is 20.3. The third-order valence-corrected chi connectivity index (χ3v) is 13.8. The molecule has 4 aromatic carbocycles. The van der Waals surface area contributed by atoms with E-state index in [1.54, 1.807) is 0 Å². The van der Waals surface area contributed by atoms with Crippen LogP contribution in [0.2, 0.25) is 0 Å². The average Bonchev–Trinajstić information content (AvgIpc) is 3.64. The van der Waals surface area contributed by atoms with Gasteiger partial charge in [0.15, 0.2) is 5.75 Å². The largest absolute Gasteiger partial charge is 0.454 e. The summed E-state index contributed by atoms with van der Waals surface area (Å²) in [6, 6.07) is 33.2. The van der Waals surface area contributed by atoms with Crippen molar-refractivity contribution in [2.75, 3.05) is 15.1 Å². The van der Waals surface area contributed by atoms with Crippen molar-refractivity contribution in [3.63, 3.8) is 0 Å². The second kappa shape index (κ2) is 15.4. The van der Waals surface area contributed by atoms with Gasteiger partial charge in [-0.05, 0) is 120 Å². The molecule has 3 atom stereocenters. The van der Waals surface area contributed by atoms with Gasteiger partial charge in [-0.25, -0.2) is 4.39 Å². The summed E-state index contributed by atoms with van der Waals surface area (Å²) < 4.78 is 22.4. The van der Waals surface area contributed by atoms with Gasteiger partial charge in [0.1, 0.15) is 18.1 Å². The molecule has 0 aromatic heterocycles. The maximum absolute atomic E-state index is 14.8. The van der Waals surface area contributed by atoms with Crippen LogP contribution in [0.3, 0.4) is 0 Å². The topological polar surface area (TPSA) is 27.7 Å². The van der Waals surface area contributed by atoms with E-state index in [1.165, 1.54) is 39.2 Å². The highest BCUT2D eigenvalue weighted by molar-refractivity contribution is 5.86. The number of hydrogen-bond donors (Lipinski definition) is 1. The van der Waals surface area contributed by atoms with Gasteiger partial charge in [0.25, 0.3) is 0 Å². The summed E-state index contributed by atoms with van der Waals surface area (Å²) in [5, 5.41) is 3.82. The number of nitrogens with zero attached hydrogens (tertiary/aromatic N) is 2. The Bertz CT molecular complexity index is 2520. The lowest BCUT2D eigenvalue weighted by atomic mass is 9.64. The van der Waals surface area contributed by atoms with Gasteiger partial charge in [-0.2, -0.15) is 0 Å². The molecular formula is C56H62FN3O. The van der Waals surface area contributed by atoms with Crippen molar-refractivity contribution in [2.24, 2.45) is 11.3 Å². The lowest BCUT2D eigenvalue weighted by Gasteiger charge is -2.45. The van der Waals surface area contributed by atoms with Crippen LogP contribution in [0.1, 0.15) is 122 Å². The Labute approximate surface area is 363 Å². The zero-order chi connectivity index (χ0) is 42.8. The van der Waals surface area contributed by atoms with Crippen LogP contribution in [0.15, 0.2) is 156 Å². The summed E-state index contributed by atoms with van der Waals surface area (Å²) in [7, 11) is 0. The molecule has 3 aliphatic carbocycles. The van der Waals surface area contributed by atoms with Gasteiger partial charge in [-0.1, -0.05) is 147 Å². The molecule has 0 amide bonds. The van der Waals surface area contributed by atoms with Crippen LogP contribution >= 0.6 is 0 Å². The zero-order valence-electron chi connectivity index (χ0n) is 37.4. The normalized spacial score (nSPS) is 22.0. The molecule has 2 heterocycles. The third-order valence-electron chi connectivity index (χ3n) is 13.8. The number of ether oxygens (including phenoxy) is 1. The Balaban J connectivity index is 1.17. The number of alkyl halides is 1. The van der Waals surface area contributed by atoms with Crippen LogP contribution in [0, 0.1) is 11.3 Å². The first-order valence-corrected chi connectivity index (χ1v) is 22.4. The molecule has 314 valence electrons. The molecule has 5 aliphatic rings. The van der Waals surface area contributed by atoms with Crippen LogP contribution in [-0.2, 0) is 10.8 Å². The molecule has 4 nitrogen and oxygen atoms in total. The van der Waals surface area contributed by atoms with Crippen LogP contribution in [0.4, 0.5) is 27.1 Å². The Morgan fingerprint density at radius 2 is 1.61 bits per heavy atom. The van der Waals surface area contributed by atoms with Crippen LogP contribution in [0.25, 0.3) is 5.57 Å². The Morgan fingerprint density at radius 3 is 2.26 bits per heavy atom. The van der Waals surface area contributed by atoms with Crippen molar-refractivity contribution in [3.05, 3.63) is 179 Å². The summed E-state index contributed by atoms with van der Waals surface area (Å²) >= 11 is 0. The van der Waals surface area contributed by atoms with Crippen molar-refractivity contribution in [2.45, 2.75) is 117 Å². The Morgan fingerprint density at radius 1 is 0.869 bits per heavy atom. The molecule has 5 heteroatoms. The Kier molecular flexibility index (Phi) is 10.3. The molecule has 2 aliphatic heterocycles. The van der Waals surface area contributed by atoms with E-state index in [4.69, 9.17) is 4.74 Å². The predicted molar refractivity (Wildman–Crippen MR) is 254 cm³/mol. The Hall–Kier alpha value is -5.55. The number of para-hydroxylation sites is 3. The summed E-state index contributed by atoms with van der Waals surface area (Å²) in [5.41, 5.74) is 15.0. The minimum absolute atomic E-state index is 0.0397. The highest BCUT2D eigenvalue weighted by Gasteiger charge is 2.45. The minimum atomic E-state index is -0.811. The SMILES string of the molecule is C=CC1=CC=C(N(C2=CCC(F)CC2)c2cc(C(C)(C)C)cc3c2OC2=C(CC(C(C)(C)C)C=C2c2ccc(C4Nc5ccccc5N4c4ccccc4)cc2)C3(C)C)CC1. The second-order valence-corrected chi connectivity index (χ2v) is 20.3. The van der Waals surface area contributed by atoms with Gasteiger partial charge < -0.3 is 19.9 Å². The molecule has 0 fully saturated rings. The molecule has 61 heavy (non-hydrogen) atoms. The van der Waals surface area contributed by atoms with Gasteiger partial charge in [0.05, 0.1) is 17.1 Å². The lowest BCUT2D eigenvalue weighted by Crippen LogP contribution is -2.36. The lowest BCUT2D eigenvalue weighted by molar-refractivity contribution is 0.267. The van der Waals surface area contributed by atoms with E-state index < -0.39 is 6.17 Å². The van der Waals surface area contributed by atoms with Gasteiger partial charge in [0, 0.05) is 33.6 Å². The van der Waals surface area contributed by atoms with Crippen molar-refractivity contribution in [1.29, 1.82) is 0 Å². The van der Waals surface area contributed by atoms with E-state index in [0.717, 1.165) is 64.7 Å². The average molecular weight is 812 g/mol. The standard InChI is InChI=1S/C56H62FN3O/c1-10-36-20-28-43(29-21-36)59(44-30-26-41(57)27-31-44)50-35-40(55(5,6)7)34-47-52(50)61-51-45(32-39(54(2,3)4)33-46(51)56(47,8)9)37-22-24-38(25-23-37)53-58-48-18-14-15-19-49(48)60(53)42-16-12-11-13-17-42/h10-20,22-25,28,30,32,34-35,39,41,53,58H,1,21,26-27,29,31,33H2,2-9H3. The summed E-state index contributed by atoms with van der Waals surface area (Å²) in [5.74, 6) is 2.19. The van der Waals surface area contributed by atoms with E-state index in [0.29, 0.717) is 25.2 Å². The van der Waals surface area contributed by atoms with Gasteiger partial charge in [0.2, 0.25) is 0 Å². The number of nitrogens with one attached hydrogen (secondary N) is 1. The first-order chi connectivity index (χ1) is 29.1. The molecule has 0 radical (unpaired) electrons. The number of rotatable bonds is 7. The van der Waals surface area contributed by atoms with Crippen LogP contribution in [-0.4, -0.2) is 6.17 Å². The van der Waals surface area contributed by atoms with Crippen molar-refractivity contribution < 1.29 is 9.13 Å². The maximum Gasteiger partial charge on any atom is 0.155 e. The van der Waals surface area contributed by atoms with Crippen LogP contribution in [0.5, 0.6) is 5.75 Å². The van der Waals surface area contributed by atoms with E-state index in [9.17, 15) is 4.39 Å². The third kappa shape index (κ3) is 7.49. The zero-order valence-corrected chi connectivity index (χ0v) is 37.4. The minimum Gasteiger partial charge on any atom is -0.454 e. The van der Waals surface area contributed by atoms with Gasteiger partial charge >= 0.3 is 0 Å². The van der Waals surface area contributed by atoms with Crippen molar-refractivity contribution in [3.8, 4) is 5.75 Å². The molecule has 9 rings (SSSR count). The molecule has 0 spiro atoms. The highest BCUT2D eigenvalue weighted by Crippen LogP contribution is 2.57. The number of anilines is 4. The predicted octanol–water partition coefficient (Wildman–Crippen LogP) is 15.3. The molecular weight excluding hydrogens is 750 g/mol. The molecule has 1 N–H and O–H groups in total. The van der Waals surface area contributed by atoms with E-state index in [1.807, 2.05) is 6.08 Å². The first-order valence-electron chi connectivity index (χ1n) is 22.4. The maximum atomic E-state index is 14.8. The highest BCUT2D eigenvalue weighted by atomic mass is 19.1. The number of halogens is 1. The van der Waals surface area contributed by atoms with Crippen molar-refractivity contribution in [1.82, 2.24) is 0 Å². The number of hydrogen-bond acceptors (Lipinski definition) is 4. The summed E-state index contributed by atoms with van der Waals surface area (Å²) in [6.07, 6.45) is 14.5. The fraction of sp³-hybridized carbons (Fsp3) is 0.357. The number of allylic oxidation sites excluding steroid dienone is 10. The van der Waals surface area contributed by atoms with E-state index in [-0.39, 0.29) is 22.4 Å². The molecule has 0 bridgehead atoms. The smallest absolute Gasteiger partial charge is 0.155 e. The van der Waals surface area contributed by atoms with E-state index in [2.05, 4.69) is 192 Å². The number of fused-ring (bicyclic) bond motifs is 2. The number of benzene rings is 4. The molecule has 0 saturated heterocycles. The summed E-state index contributed by atoms with van der Waals surface area (Å²) in [6.45, 7) is 22.9. The molecule has 4 aromatic rings.